The van der Waals surface area contributed by atoms with Gasteiger partial charge in [-0.3, -0.25) is 0 Å². The first-order valence-corrected chi connectivity index (χ1v) is 5.08. The summed E-state index contributed by atoms with van der Waals surface area (Å²) < 4.78 is 10.4. The molecule has 0 aromatic carbocycles. The van der Waals surface area contributed by atoms with E-state index < -0.39 is 0 Å². The number of hydrogen-bond acceptors (Lipinski definition) is 5. The van der Waals surface area contributed by atoms with Gasteiger partial charge >= 0.3 is 0 Å². The number of likely N-dealkylation sites (N-methyl/N-ethyl adjacent to an activating group) is 1. The second-order valence-corrected chi connectivity index (χ2v) is 4.10. The van der Waals surface area contributed by atoms with E-state index >= 15 is 0 Å². The third-order valence-electron chi connectivity index (χ3n) is 2.24. The van der Waals surface area contributed by atoms with Crippen LogP contribution in [0.5, 0.6) is 0 Å². The predicted octanol–water partition coefficient (Wildman–Crippen LogP) is 0.799. The Labute approximate surface area is 90.2 Å². The van der Waals surface area contributed by atoms with Gasteiger partial charge in [-0.05, 0) is 20.9 Å². The quantitative estimate of drug-likeness (QED) is 0.757. The Morgan fingerprint density at radius 3 is 2.80 bits per heavy atom. The van der Waals surface area contributed by atoms with E-state index in [1.807, 2.05) is 20.9 Å². The van der Waals surface area contributed by atoms with Crippen LogP contribution < -0.4 is 5.32 Å². The molecule has 15 heavy (non-hydrogen) atoms. The number of hydrogen-bond donors (Lipinski definition) is 1. The van der Waals surface area contributed by atoms with Crippen molar-refractivity contribution in [2.75, 3.05) is 20.7 Å². The number of methoxy groups -OCH3 is 1. The molecule has 5 nitrogen and oxygen atoms in total. The van der Waals surface area contributed by atoms with E-state index in [0.717, 1.165) is 18.8 Å². The largest absolute Gasteiger partial charge is 0.378 e. The van der Waals surface area contributed by atoms with Crippen LogP contribution >= 0.6 is 0 Å². The molecule has 0 aliphatic rings. The van der Waals surface area contributed by atoms with Crippen LogP contribution in [-0.2, 0) is 17.6 Å². The molecular weight excluding hydrogens is 194 g/mol. The molecule has 0 saturated carbocycles. The summed E-state index contributed by atoms with van der Waals surface area (Å²) in [6.45, 7) is 4.83. The molecule has 0 aliphatic carbocycles. The molecule has 1 aromatic rings. The maximum atomic E-state index is 5.29. The topological polar surface area (TPSA) is 60.2 Å². The maximum Gasteiger partial charge on any atom is 0.229 e. The van der Waals surface area contributed by atoms with Crippen LogP contribution in [0.15, 0.2) is 4.52 Å². The van der Waals surface area contributed by atoms with Crippen molar-refractivity contribution >= 4 is 0 Å². The van der Waals surface area contributed by atoms with E-state index in [2.05, 4.69) is 15.5 Å². The van der Waals surface area contributed by atoms with Crippen molar-refractivity contribution in [1.82, 2.24) is 15.5 Å². The van der Waals surface area contributed by atoms with Crippen molar-refractivity contribution in [2.45, 2.75) is 32.3 Å². The summed E-state index contributed by atoms with van der Waals surface area (Å²) in [7, 11) is 3.58. The van der Waals surface area contributed by atoms with Gasteiger partial charge in [0.1, 0.15) is 0 Å². The number of ether oxygens (including phenoxy) is 1. The molecule has 86 valence electrons. The number of rotatable bonds is 6. The Bertz CT molecular complexity index is 297. The van der Waals surface area contributed by atoms with E-state index in [9.17, 15) is 0 Å². The highest BCUT2D eigenvalue weighted by Gasteiger charge is 2.21. The lowest BCUT2D eigenvalue weighted by molar-refractivity contribution is 0.0170. The zero-order valence-corrected chi connectivity index (χ0v) is 9.83. The molecule has 1 aromatic heterocycles. The Morgan fingerprint density at radius 2 is 2.20 bits per heavy atom. The third kappa shape index (κ3) is 3.97. The summed E-state index contributed by atoms with van der Waals surface area (Å²) in [4.78, 5) is 4.28. The minimum absolute atomic E-state index is 0.257. The van der Waals surface area contributed by atoms with Gasteiger partial charge in [-0.25, -0.2) is 0 Å². The van der Waals surface area contributed by atoms with Crippen molar-refractivity contribution < 1.29 is 9.26 Å². The van der Waals surface area contributed by atoms with Crippen LogP contribution in [-0.4, -0.2) is 36.4 Å². The van der Waals surface area contributed by atoms with Gasteiger partial charge in [0.15, 0.2) is 5.82 Å². The number of aromatic nitrogens is 2. The van der Waals surface area contributed by atoms with E-state index in [0.29, 0.717) is 12.3 Å². The molecule has 0 amide bonds. The first kappa shape index (κ1) is 12.1. The second-order valence-electron chi connectivity index (χ2n) is 4.10. The van der Waals surface area contributed by atoms with Crippen LogP contribution in [0.4, 0.5) is 0 Å². The molecule has 5 heteroatoms. The number of nitrogens with zero attached hydrogens (tertiary/aromatic N) is 2. The molecule has 0 spiro atoms. The van der Waals surface area contributed by atoms with Crippen molar-refractivity contribution in [3.8, 4) is 0 Å². The molecule has 0 bridgehead atoms. The average molecular weight is 213 g/mol. The minimum atomic E-state index is -0.257. The van der Waals surface area contributed by atoms with E-state index in [4.69, 9.17) is 9.26 Å². The molecule has 0 radical (unpaired) electrons. The van der Waals surface area contributed by atoms with Crippen LogP contribution in [0, 0.1) is 0 Å². The highest BCUT2D eigenvalue weighted by Crippen LogP contribution is 2.14. The van der Waals surface area contributed by atoms with Gasteiger partial charge in [0.05, 0.1) is 12.0 Å². The van der Waals surface area contributed by atoms with E-state index in [1.165, 1.54) is 0 Å². The Kier molecular flexibility index (Phi) is 4.23. The second kappa shape index (κ2) is 5.23. The van der Waals surface area contributed by atoms with E-state index in [-0.39, 0.29) is 5.60 Å². The van der Waals surface area contributed by atoms with Crippen molar-refractivity contribution in [3.05, 3.63) is 11.7 Å². The van der Waals surface area contributed by atoms with Crippen LogP contribution in [0.1, 0.15) is 25.6 Å². The maximum absolute atomic E-state index is 5.29. The molecule has 0 atom stereocenters. The monoisotopic (exact) mass is 213 g/mol. The molecule has 0 fully saturated rings. The molecule has 1 rings (SSSR count). The van der Waals surface area contributed by atoms with Crippen molar-refractivity contribution in [1.29, 1.82) is 0 Å². The lowest BCUT2D eigenvalue weighted by Gasteiger charge is -2.19. The Hall–Kier alpha value is -0.940. The first-order chi connectivity index (χ1) is 7.07. The summed E-state index contributed by atoms with van der Waals surface area (Å²) in [6, 6.07) is 0. The summed E-state index contributed by atoms with van der Waals surface area (Å²) in [5.74, 6) is 1.37. The average Bonchev–Trinajstić information content (AvgIpc) is 2.62. The van der Waals surface area contributed by atoms with Crippen LogP contribution in [0.25, 0.3) is 0 Å². The minimum Gasteiger partial charge on any atom is -0.378 e. The summed E-state index contributed by atoms with van der Waals surface area (Å²) in [6.07, 6.45) is 1.42. The lowest BCUT2D eigenvalue weighted by atomic mass is 10.1. The molecule has 1 heterocycles. The normalized spacial score (nSPS) is 12.0. The summed E-state index contributed by atoms with van der Waals surface area (Å²) in [5.41, 5.74) is -0.257. The molecular formula is C10H19N3O2. The Balaban J connectivity index is 2.52. The summed E-state index contributed by atoms with van der Waals surface area (Å²) in [5, 5.41) is 6.93. The molecule has 1 N–H and O–H groups in total. The molecule has 0 unspecified atom stereocenters. The van der Waals surface area contributed by atoms with E-state index in [1.54, 1.807) is 7.11 Å². The highest BCUT2D eigenvalue weighted by molar-refractivity contribution is 4.91. The highest BCUT2D eigenvalue weighted by atomic mass is 16.5. The van der Waals surface area contributed by atoms with Gasteiger partial charge in [-0.1, -0.05) is 5.16 Å². The SMILES string of the molecule is CNCCc1noc(CC(C)(C)OC)n1. The van der Waals surface area contributed by atoms with Crippen LogP contribution in [0.2, 0.25) is 0 Å². The lowest BCUT2D eigenvalue weighted by Crippen LogP contribution is -2.25. The van der Waals surface area contributed by atoms with Crippen molar-refractivity contribution in [2.24, 2.45) is 0 Å². The Morgan fingerprint density at radius 1 is 1.47 bits per heavy atom. The fraction of sp³-hybridized carbons (Fsp3) is 0.800. The van der Waals surface area contributed by atoms with Gasteiger partial charge in [0.25, 0.3) is 0 Å². The molecule has 0 saturated heterocycles. The predicted molar refractivity (Wildman–Crippen MR) is 56.7 cm³/mol. The van der Waals surface area contributed by atoms with Gasteiger partial charge < -0.3 is 14.6 Å². The zero-order valence-electron chi connectivity index (χ0n) is 9.83. The number of nitrogens with one attached hydrogen (secondary N) is 1. The zero-order chi connectivity index (χ0) is 11.3. The standard InChI is InChI=1S/C10H19N3O2/c1-10(2,14-4)7-9-12-8(13-15-9)5-6-11-3/h11H,5-7H2,1-4H3. The summed E-state index contributed by atoms with van der Waals surface area (Å²) >= 11 is 0. The van der Waals surface area contributed by atoms with Gasteiger partial charge in [-0.15, -0.1) is 0 Å². The smallest absolute Gasteiger partial charge is 0.229 e. The third-order valence-corrected chi connectivity index (χ3v) is 2.24. The fourth-order valence-electron chi connectivity index (χ4n) is 1.14. The first-order valence-electron chi connectivity index (χ1n) is 5.08. The fourth-order valence-corrected chi connectivity index (χ4v) is 1.14. The van der Waals surface area contributed by atoms with Gasteiger partial charge in [-0.2, -0.15) is 4.98 Å². The molecule has 0 aliphatic heterocycles. The van der Waals surface area contributed by atoms with Gasteiger partial charge in [0.2, 0.25) is 5.89 Å². The van der Waals surface area contributed by atoms with Crippen molar-refractivity contribution in [3.63, 3.8) is 0 Å². The van der Waals surface area contributed by atoms with Gasteiger partial charge in [0, 0.05) is 20.1 Å². The van der Waals surface area contributed by atoms with Crippen LogP contribution in [0.3, 0.4) is 0 Å².